The summed E-state index contributed by atoms with van der Waals surface area (Å²) in [6.07, 6.45) is -53.4. The van der Waals surface area contributed by atoms with Gasteiger partial charge in [-0.25, -0.2) is 4.39 Å². The Morgan fingerprint density at radius 1 is 0.421 bits per heavy atom. The van der Waals surface area contributed by atoms with Crippen LogP contribution in [0.2, 0.25) is 0 Å². The van der Waals surface area contributed by atoms with Crippen molar-refractivity contribution in [2.75, 3.05) is 52.9 Å². The van der Waals surface area contributed by atoms with Gasteiger partial charge in [-0.1, -0.05) is 0 Å². The van der Waals surface area contributed by atoms with Crippen LogP contribution in [0.15, 0.2) is 0 Å². The zero-order valence-corrected chi connectivity index (χ0v) is 41.1. The third kappa shape index (κ3) is 14.1. The zero-order valence-electron chi connectivity index (χ0n) is 41.1. The van der Waals surface area contributed by atoms with E-state index in [1.807, 2.05) is 0 Å². The van der Waals surface area contributed by atoms with Crippen LogP contribution in [-0.4, -0.2) is 330 Å². The molecule has 1 amide bonds. The van der Waals surface area contributed by atoms with Crippen molar-refractivity contribution in [3.05, 3.63) is 0 Å². The molecule has 6 heterocycles. The second-order valence-electron chi connectivity index (χ2n) is 19.2. The van der Waals surface area contributed by atoms with Crippen LogP contribution in [0.3, 0.4) is 0 Å². The molecule has 30 unspecified atom stereocenters. The van der Waals surface area contributed by atoms with E-state index >= 15 is 0 Å². The third-order valence-corrected chi connectivity index (χ3v) is 14.0. The van der Waals surface area contributed by atoms with Gasteiger partial charge in [0.25, 0.3) is 0 Å². The van der Waals surface area contributed by atoms with Gasteiger partial charge in [-0.3, -0.25) is 4.79 Å². The molecule has 6 rings (SSSR count). The normalized spacial score (nSPS) is 48.4. The van der Waals surface area contributed by atoms with Gasteiger partial charge in [0.05, 0.1) is 39.6 Å². The minimum Gasteiger partial charge on any atom is -0.394 e. The van der Waals surface area contributed by atoms with Gasteiger partial charge < -0.3 is 155 Å². The van der Waals surface area contributed by atoms with E-state index in [9.17, 15) is 96.0 Å². The topological polar surface area (TPSA) is 511 Å². The summed E-state index contributed by atoms with van der Waals surface area (Å²) in [5, 5.41) is 186. The number of hydrogen-bond acceptors (Lipinski definition) is 30. The molecule has 33 heteroatoms. The molecule has 6 fully saturated rings. The SMILES string of the molecule is CC(=O)NC1C(OC2C(O)C(CO)OC(OC3C(CO)OC(OC4C(CO)OC(OCCCCC[NH3+])C(O)C4O)C(O)C3O)C2O)OC(CO)C(O)C1OC1OC(CO)C(O)C(O)C1OC1OC(CF)C(O)C(O)C1O. The Labute approximate surface area is 432 Å². The molecule has 0 aromatic carbocycles. The average Bonchev–Trinajstić information content (AvgIpc) is 3.40. The number of halogens is 1. The van der Waals surface area contributed by atoms with Crippen LogP contribution in [0.4, 0.5) is 4.39 Å². The Morgan fingerprint density at radius 2 is 0.816 bits per heavy atom. The van der Waals surface area contributed by atoms with Crippen molar-refractivity contribution < 1.29 is 159 Å². The second-order valence-corrected chi connectivity index (χ2v) is 19.2. The number of nitrogens with one attached hydrogen (secondary N) is 1. The number of hydrogen-bond donors (Lipinski definition) is 19. The number of rotatable bonds is 23. The van der Waals surface area contributed by atoms with E-state index in [0.717, 1.165) is 19.8 Å². The number of carbonyl (C=O) groups is 1. The summed E-state index contributed by atoms with van der Waals surface area (Å²) in [5.41, 5.74) is 3.76. The van der Waals surface area contributed by atoms with Crippen LogP contribution < -0.4 is 11.1 Å². The van der Waals surface area contributed by atoms with Gasteiger partial charge in [-0.2, -0.15) is 0 Å². The summed E-state index contributed by atoms with van der Waals surface area (Å²) in [7, 11) is 0. The lowest BCUT2D eigenvalue weighted by Gasteiger charge is -2.51. The minimum absolute atomic E-state index is 0.132. The maximum atomic E-state index is 13.8. The fourth-order valence-corrected chi connectivity index (χ4v) is 9.65. The van der Waals surface area contributed by atoms with Crippen molar-refractivity contribution in [3.63, 3.8) is 0 Å². The predicted molar refractivity (Wildman–Crippen MR) is 235 cm³/mol. The van der Waals surface area contributed by atoms with Crippen LogP contribution in [0.1, 0.15) is 26.2 Å². The number of unbranched alkanes of at least 4 members (excludes halogenated alkanes) is 2. The highest BCUT2D eigenvalue weighted by Crippen LogP contribution is 2.37. The first kappa shape index (κ1) is 63.4. The van der Waals surface area contributed by atoms with Gasteiger partial charge in [0.1, 0.15) is 153 Å². The van der Waals surface area contributed by atoms with Gasteiger partial charge in [0.15, 0.2) is 37.7 Å². The van der Waals surface area contributed by atoms with E-state index < -0.39 is 230 Å². The van der Waals surface area contributed by atoms with E-state index in [1.54, 1.807) is 0 Å². The van der Waals surface area contributed by atoms with E-state index in [0.29, 0.717) is 13.0 Å². The fourth-order valence-electron chi connectivity index (χ4n) is 9.65. The summed E-state index contributed by atoms with van der Waals surface area (Å²) in [6.45, 7) is -4.46. The van der Waals surface area contributed by atoms with Gasteiger partial charge >= 0.3 is 0 Å². The lowest BCUT2D eigenvalue weighted by atomic mass is 9.94. The van der Waals surface area contributed by atoms with E-state index in [2.05, 4.69) is 11.1 Å². The standard InChI is InChI=1S/C43H75FN2O30/c1-13(52)46-20-35(74-43-37(26(58)22(54)15(8-47)69-43)76-40-29(61)25(57)21(53)14(7-44)66-40)23(55)16(9-48)67-38(20)75-36-24(56)17(10-49)68-42(32(36)64)73-34-19(12-51)71-41(31(63)28(34)60)72-33-18(11-50)70-39(30(62)27(33)59)65-6-4-2-3-5-45/h14-43,47-51,53-64H,2-12,45H2,1H3,(H,46,52)/p+1. The molecule has 0 bridgehead atoms. The number of ether oxygens (including phenoxy) is 12. The summed E-state index contributed by atoms with van der Waals surface area (Å²) in [5.74, 6) is -0.891. The average molecular weight is 1120 g/mol. The van der Waals surface area contributed by atoms with Crippen molar-refractivity contribution in [2.24, 2.45) is 0 Å². The van der Waals surface area contributed by atoms with Crippen LogP contribution >= 0.6 is 0 Å². The molecule has 0 aliphatic carbocycles. The Hall–Kier alpha value is -1.80. The molecule has 0 aromatic rings. The number of carbonyl (C=O) groups excluding carboxylic acids is 1. The van der Waals surface area contributed by atoms with Crippen molar-refractivity contribution >= 4 is 5.91 Å². The lowest BCUT2D eigenvalue weighted by Crippen LogP contribution is -2.70. The van der Waals surface area contributed by atoms with Gasteiger partial charge in [-0.05, 0) is 19.3 Å². The van der Waals surface area contributed by atoms with E-state index in [-0.39, 0.29) is 6.61 Å². The highest BCUT2D eigenvalue weighted by Gasteiger charge is 2.58. The van der Waals surface area contributed by atoms with Crippen LogP contribution in [0.25, 0.3) is 0 Å². The third-order valence-electron chi connectivity index (χ3n) is 14.0. The predicted octanol–water partition coefficient (Wildman–Crippen LogP) is -12.5. The quantitative estimate of drug-likeness (QED) is 0.0423. The Kier molecular flexibility index (Phi) is 24.0. The summed E-state index contributed by atoms with van der Waals surface area (Å²) < 4.78 is 82.4. The Morgan fingerprint density at radius 3 is 1.36 bits per heavy atom. The van der Waals surface area contributed by atoms with Gasteiger partial charge in [-0.15, -0.1) is 0 Å². The number of alkyl halides is 1. The summed E-state index contributed by atoms with van der Waals surface area (Å²) in [4.78, 5) is 12.8. The highest BCUT2D eigenvalue weighted by molar-refractivity contribution is 5.73. The number of quaternary nitrogens is 1. The van der Waals surface area contributed by atoms with Crippen LogP contribution in [-0.2, 0) is 61.6 Å². The van der Waals surface area contributed by atoms with Gasteiger partial charge in [0.2, 0.25) is 5.91 Å². The molecule has 0 radical (unpaired) electrons. The largest absolute Gasteiger partial charge is 0.394 e. The van der Waals surface area contributed by atoms with Gasteiger partial charge in [0, 0.05) is 13.5 Å². The molecule has 6 saturated heterocycles. The monoisotopic (exact) mass is 1120 g/mol. The maximum absolute atomic E-state index is 13.8. The molecule has 32 nitrogen and oxygen atoms in total. The van der Waals surface area contributed by atoms with Crippen molar-refractivity contribution in [2.45, 2.75) is 210 Å². The van der Waals surface area contributed by atoms with E-state index in [1.165, 1.54) is 0 Å². The smallest absolute Gasteiger partial charge is 0.217 e. The highest BCUT2D eigenvalue weighted by atomic mass is 19.1. The molecule has 6 aliphatic heterocycles. The molecule has 76 heavy (non-hydrogen) atoms. The molecule has 0 saturated carbocycles. The Bertz CT molecular complexity index is 1740. The second kappa shape index (κ2) is 28.8. The fraction of sp³-hybridized carbons (Fsp3) is 0.977. The molecule has 444 valence electrons. The van der Waals surface area contributed by atoms with Crippen molar-refractivity contribution in [1.29, 1.82) is 0 Å². The first-order valence-corrected chi connectivity index (χ1v) is 24.8. The van der Waals surface area contributed by atoms with Crippen LogP contribution in [0, 0.1) is 0 Å². The first-order valence-electron chi connectivity index (χ1n) is 24.8. The number of amides is 1. The summed E-state index contributed by atoms with van der Waals surface area (Å²) >= 11 is 0. The maximum Gasteiger partial charge on any atom is 0.217 e. The molecular formula is C43H76FN2O30+. The van der Waals surface area contributed by atoms with Crippen molar-refractivity contribution in [1.82, 2.24) is 5.32 Å². The molecule has 30 atom stereocenters. The minimum atomic E-state index is -2.23. The Balaban J connectivity index is 1.20. The number of aliphatic hydroxyl groups is 17. The molecule has 21 N–H and O–H groups in total. The zero-order chi connectivity index (χ0) is 55.9. The van der Waals surface area contributed by atoms with Crippen molar-refractivity contribution in [3.8, 4) is 0 Å². The van der Waals surface area contributed by atoms with Crippen LogP contribution in [0.5, 0.6) is 0 Å². The molecular weight excluding hydrogens is 1040 g/mol. The lowest BCUT2D eigenvalue weighted by molar-refractivity contribution is -0.393. The van der Waals surface area contributed by atoms with E-state index in [4.69, 9.17) is 56.8 Å². The number of aliphatic hydroxyl groups excluding tert-OH is 17. The first-order chi connectivity index (χ1) is 36.2. The molecule has 0 aromatic heterocycles. The molecule has 0 spiro atoms. The molecule has 6 aliphatic rings. The summed E-state index contributed by atoms with van der Waals surface area (Å²) in [6, 6.07) is -1.83.